The molecule has 0 aliphatic rings. The van der Waals surface area contributed by atoms with Gasteiger partial charge in [0.05, 0.1) is 17.2 Å². The normalized spacial score (nSPS) is 13.5. The number of hydrogen-bond acceptors (Lipinski definition) is 4. The molecular weight excluding hydrogens is 340 g/mol. The SMILES string of the molecule is C[C@H](Cc1c[nH]c2c(C(=O)N(C)C)cccc12)NCC(O)c1cccnc1. The van der Waals surface area contributed by atoms with Crippen LogP contribution >= 0.6 is 0 Å². The lowest BCUT2D eigenvalue weighted by molar-refractivity contribution is 0.0829. The van der Waals surface area contributed by atoms with Crippen LogP contribution in [0.5, 0.6) is 0 Å². The van der Waals surface area contributed by atoms with E-state index in [-0.39, 0.29) is 11.9 Å². The van der Waals surface area contributed by atoms with E-state index >= 15 is 0 Å². The quantitative estimate of drug-likeness (QED) is 0.600. The molecule has 1 unspecified atom stereocenters. The van der Waals surface area contributed by atoms with Gasteiger partial charge in [-0.25, -0.2) is 0 Å². The number of aromatic nitrogens is 2. The van der Waals surface area contributed by atoms with Crippen LogP contribution in [0, 0.1) is 0 Å². The van der Waals surface area contributed by atoms with Crippen LogP contribution in [0.15, 0.2) is 48.9 Å². The molecular formula is C21H26N4O2. The lowest BCUT2D eigenvalue weighted by atomic mass is 10.0. The Morgan fingerprint density at radius 3 is 2.81 bits per heavy atom. The Labute approximate surface area is 159 Å². The van der Waals surface area contributed by atoms with Crippen molar-refractivity contribution >= 4 is 16.8 Å². The summed E-state index contributed by atoms with van der Waals surface area (Å²) in [4.78, 5) is 21.2. The molecule has 27 heavy (non-hydrogen) atoms. The zero-order chi connectivity index (χ0) is 19.4. The molecule has 6 nitrogen and oxygen atoms in total. The van der Waals surface area contributed by atoms with Gasteiger partial charge in [0.15, 0.2) is 0 Å². The van der Waals surface area contributed by atoms with Crippen molar-refractivity contribution in [2.24, 2.45) is 0 Å². The fraction of sp³-hybridized carbons (Fsp3) is 0.333. The second-order valence-electron chi connectivity index (χ2n) is 7.06. The van der Waals surface area contributed by atoms with Crippen molar-refractivity contribution in [3.63, 3.8) is 0 Å². The van der Waals surface area contributed by atoms with E-state index in [0.29, 0.717) is 12.1 Å². The molecule has 0 fully saturated rings. The first-order valence-corrected chi connectivity index (χ1v) is 9.09. The average Bonchev–Trinajstić information content (AvgIpc) is 3.09. The van der Waals surface area contributed by atoms with Crippen molar-refractivity contribution in [1.82, 2.24) is 20.2 Å². The number of aliphatic hydroxyl groups is 1. The largest absolute Gasteiger partial charge is 0.387 e. The van der Waals surface area contributed by atoms with Crippen molar-refractivity contribution in [2.75, 3.05) is 20.6 Å². The predicted octanol–water partition coefficient (Wildman–Crippen LogP) is 2.52. The summed E-state index contributed by atoms with van der Waals surface area (Å²) in [7, 11) is 3.51. The molecule has 0 saturated heterocycles. The van der Waals surface area contributed by atoms with E-state index in [2.05, 4.69) is 22.2 Å². The fourth-order valence-electron chi connectivity index (χ4n) is 3.21. The van der Waals surface area contributed by atoms with Gasteiger partial charge in [-0.1, -0.05) is 18.2 Å². The fourth-order valence-corrected chi connectivity index (χ4v) is 3.21. The van der Waals surface area contributed by atoms with Crippen LogP contribution in [0.25, 0.3) is 10.9 Å². The minimum absolute atomic E-state index is 0.0141. The van der Waals surface area contributed by atoms with Crippen LogP contribution < -0.4 is 5.32 Å². The molecule has 0 bridgehead atoms. The van der Waals surface area contributed by atoms with E-state index in [9.17, 15) is 9.90 Å². The summed E-state index contributed by atoms with van der Waals surface area (Å²) < 4.78 is 0. The van der Waals surface area contributed by atoms with Gasteiger partial charge in [0.2, 0.25) is 0 Å². The predicted molar refractivity (Wildman–Crippen MR) is 107 cm³/mol. The van der Waals surface area contributed by atoms with Gasteiger partial charge in [-0.05, 0) is 31.0 Å². The average molecular weight is 366 g/mol. The van der Waals surface area contributed by atoms with E-state index in [4.69, 9.17) is 0 Å². The van der Waals surface area contributed by atoms with Crippen LogP contribution in [-0.2, 0) is 6.42 Å². The Hall–Kier alpha value is -2.70. The molecule has 0 saturated carbocycles. The van der Waals surface area contributed by atoms with Gasteiger partial charge in [-0.3, -0.25) is 9.78 Å². The monoisotopic (exact) mass is 366 g/mol. The number of carbonyl (C=O) groups is 1. The number of para-hydroxylation sites is 1. The van der Waals surface area contributed by atoms with Gasteiger partial charge < -0.3 is 20.3 Å². The molecule has 1 aromatic carbocycles. The third kappa shape index (κ3) is 4.35. The Morgan fingerprint density at radius 1 is 1.30 bits per heavy atom. The number of amides is 1. The summed E-state index contributed by atoms with van der Waals surface area (Å²) in [6, 6.07) is 9.65. The molecule has 0 aliphatic carbocycles. The van der Waals surface area contributed by atoms with Crippen molar-refractivity contribution in [3.8, 4) is 0 Å². The maximum atomic E-state index is 12.4. The standard InChI is InChI=1S/C21H26N4O2/c1-14(23-13-19(26)15-6-5-9-22-11-15)10-16-12-24-20-17(16)7-4-8-18(20)21(27)25(2)3/h4-9,11-12,14,19,23-24,26H,10,13H2,1-3H3/t14-,19?/m1/s1. The molecule has 1 amide bonds. The summed E-state index contributed by atoms with van der Waals surface area (Å²) in [5.41, 5.74) is 3.50. The highest BCUT2D eigenvalue weighted by molar-refractivity contribution is 6.06. The van der Waals surface area contributed by atoms with Gasteiger partial charge in [0.1, 0.15) is 0 Å². The van der Waals surface area contributed by atoms with Gasteiger partial charge >= 0.3 is 0 Å². The van der Waals surface area contributed by atoms with Crippen LogP contribution in [0.2, 0.25) is 0 Å². The van der Waals surface area contributed by atoms with Crippen molar-refractivity contribution in [1.29, 1.82) is 0 Å². The highest BCUT2D eigenvalue weighted by Crippen LogP contribution is 2.23. The number of nitrogens with one attached hydrogen (secondary N) is 2. The van der Waals surface area contributed by atoms with Gasteiger partial charge in [-0.15, -0.1) is 0 Å². The lowest BCUT2D eigenvalue weighted by Crippen LogP contribution is -2.32. The zero-order valence-corrected chi connectivity index (χ0v) is 15.9. The van der Waals surface area contributed by atoms with E-state index in [1.807, 2.05) is 36.5 Å². The van der Waals surface area contributed by atoms with Gasteiger partial charge in [-0.2, -0.15) is 0 Å². The number of nitrogens with zero attached hydrogens (tertiary/aromatic N) is 2. The Kier molecular flexibility index (Phi) is 5.88. The third-order valence-corrected chi connectivity index (χ3v) is 4.69. The number of carbonyl (C=O) groups excluding carboxylic acids is 1. The summed E-state index contributed by atoms with van der Waals surface area (Å²) in [5, 5.41) is 14.7. The molecule has 2 aromatic heterocycles. The number of aromatic amines is 1. The number of benzene rings is 1. The zero-order valence-electron chi connectivity index (χ0n) is 15.9. The minimum atomic E-state index is -0.589. The summed E-state index contributed by atoms with van der Waals surface area (Å²) in [6.45, 7) is 2.54. The van der Waals surface area contributed by atoms with Crippen LogP contribution in [0.4, 0.5) is 0 Å². The highest BCUT2D eigenvalue weighted by Gasteiger charge is 2.16. The molecule has 3 N–H and O–H groups in total. The first kappa shape index (κ1) is 19.1. The Balaban J connectivity index is 1.68. The van der Waals surface area contributed by atoms with Gasteiger partial charge in [0, 0.05) is 56.2 Å². The van der Waals surface area contributed by atoms with E-state index in [1.54, 1.807) is 31.4 Å². The van der Waals surface area contributed by atoms with Crippen molar-refractivity contribution < 1.29 is 9.90 Å². The number of fused-ring (bicyclic) bond motifs is 1. The molecule has 142 valence electrons. The van der Waals surface area contributed by atoms with Crippen molar-refractivity contribution in [2.45, 2.75) is 25.5 Å². The second-order valence-corrected chi connectivity index (χ2v) is 7.06. The molecule has 0 aliphatic heterocycles. The molecule has 2 heterocycles. The van der Waals surface area contributed by atoms with E-state index in [0.717, 1.165) is 28.5 Å². The second kappa shape index (κ2) is 8.33. The topological polar surface area (TPSA) is 81.2 Å². The number of aliphatic hydroxyl groups excluding tert-OH is 1. The smallest absolute Gasteiger partial charge is 0.255 e. The number of H-pyrrole nitrogens is 1. The molecule has 0 radical (unpaired) electrons. The number of pyridine rings is 1. The molecule has 3 aromatic rings. The third-order valence-electron chi connectivity index (χ3n) is 4.69. The molecule has 2 atom stereocenters. The summed E-state index contributed by atoms with van der Waals surface area (Å²) in [6.07, 6.45) is 5.54. The Morgan fingerprint density at radius 2 is 2.11 bits per heavy atom. The maximum Gasteiger partial charge on any atom is 0.255 e. The summed E-state index contributed by atoms with van der Waals surface area (Å²) in [5.74, 6) is -0.0141. The highest BCUT2D eigenvalue weighted by atomic mass is 16.3. The maximum absolute atomic E-state index is 12.4. The van der Waals surface area contributed by atoms with Crippen LogP contribution in [0.1, 0.15) is 34.5 Å². The summed E-state index contributed by atoms with van der Waals surface area (Å²) >= 11 is 0. The first-order chi connectivity index (χ1) is 13.0. The Bertz CT molecular complexity index is 905. The number of rotatable bonds is 7. The molecule has 3 rings (SSSR count). The van der Waals surface area contributed by atoms with E-state index < -0.39 is 6.10 Å². The van der Waals surface area contributed by atoms with Crippen molar-refractivity contribution in [3.05, 3.63) is 65.6 Å². The number of hydrogen-bond donors (Lipinski definition) is 3. The van der Waals surface area contributed by atoms with Crippen LogP contribution in [-0.4, -0.2) is 52.6 Å². The van der Waals surface area contributed by atoms with Crippen LogP contribution in [0.3, 0.4) is 0 Å². The van der Waals surface area contributed by atoms with Gasteiger partial charge in [0.25, 0.3) is 5.91 Å². The molecule has 6 heteroatoms. The lowest BCUT2D eigenvalue weighted by Gasteiger charge is -2.17. The minimum Gasteiger partial charge on any atom is -0.387 e. The first-order valence-electron chi connectivity index (χ1n) is 9.09. The van der Waals surface area contributed by atoms with E-state index in [1.165, 1.54) is 0 Å². The molecule has 0 spiro atoms.